The number of carbonyl (C=O) groups is 2. The number of hydrogen-bond donors (Lipinski definition) is 2. The summed E-state index contributed by atoms with van der Waals surface area (Å²) >= 11 is 12.2. The lowest BCUT2D eigenvalue weighted by atomic mass is 9.96. The van der Waals surface area contributed by atoms with Gasteiger partial charge in [0.05, 0.1) is 34.9 Å². The van der Waals surface area contributed by atoms with Crippen molar-refractivity contribution in [2.45, 2.75) is 26.8 Å². The number of nitrogens with one attached hydrogen (secondary N) is 2. The van der Waals surface area contributed by atoms with Crippen LogP contribution in [0.25, 0.3) is 0 Å². The van der Waals surface area contributed by atoms with Gasteiger partial charge in [0.1, 0.15) is 0 Å². The number of amides is 2. The molecule has 0 radical (unpaired) electrons. The van der Waals surface area contributed by atoms with E-state index in [-0.39, 0.29) is 36.9 Å². The second-order valence-corrected chi connectivity index (χ2v) is 7.96. The van der Waals surface area contributed by atoms with Gasteiger partial charge in [-0.1, -0.05) is 80.4 Å². The molecule has 29 heavy (non-hydrogen) atoms. The molecule has 5 nitrogen and oxygen atoms in total. The van der Waals surface area contributed by atoms with Gasteiger partial charge in [0.25, 0.3) is 0 Å². The first-order valence-corrected chi connectivity index (χ1v) is 10.4. The van der Waals surface area contributed by atoms with Crippen LogP contribution in [0.2, 0.25) is 10.0 Å². The zero-order valence-corrected chi connectivity index (χ0v) is 18.4. The van der Waals surface area contributed by atoms with Crippen LogP contribution in [0.3, 0.4) is 0 Å². The topological polar surface area (TPSA) is 61.4 Å². The Kier molecular flexibility index (Phi) is 8.96. The lowest BCUT2D eigenvalue weighted by molar-refractivity contribution is -0.124. The van der Waals surface area contributed by atoms with Crippen molar-refractivity contribution < 1.29 is 9.59 Å². The summed E-state index contributed by atoms with van der Waals surface area (Å²) in [6, 6.07) is 14.8. The minimum absolute atomic E-state index is 0.0587. The Morgan fingerprint density at radius 2 is 1.52 bits per heavy atom. The van der Waals surface area contributed by atoms with E-state index in [9.17, 15) is 9.59 Å². The fraction of sp³-hybridized carbons (Fsp3) is 0.364. The average molecular weight is 436 g/mol. The molecule has 0 saturated heterocycles. The van der Waals surface area contributed by atoms with Crippen molar-refractivity contribution in [1.29, 1.82) is 0 Å². The Balaban J connectivity index is 1.96. The third kappa shape index (κ3) is 7.03. The van der Waals surface area contributed by atoms with Crippen molar-refractivity contribution in [3.63, 3.8) is 0 Å². The highest BCUT2D eigenvalue weighted by atomic mass is 35.5. The maximum absolute atomic E-state index is 12.6. The molecule has 0 aromatic heterocycles. The molecule has 2 rings (SSSR count). The number of carbonyl (C=O) groups excluding carboxylic acids is 2. The van der Waals surface area contributed by atoms with Crippen molar-refractivity contribution in [2.24, 2.45) is 5.92 Å². The summed E-state index contributed by atoms with van der Waals surface area (Å²) in [5.41, 5.74) is 1.44. The first-order chi connectivity index (χ1) is 13.8. The van der Waals surface area contributed by atoms with Gasteiger partial charge in [-0.15, -0.1) is 0 Å². The standard InChI is InChI=1S/C22H27Cl2N3O2/c1-4-27(14-20(29)26-22-17(23)11-8-12-18(22)24)13-19(28)25-21(15(2)3)16-9-6-5-7-10-16/h5-12,15,21H,4,13-14H2,1-3H3,(H,25,28)(H,26,29)/t21-/m0/s1. The second kappa shape index (κ2) is 11.2. The molecule has 0 bridgehead atoms. The van der Waals surface area contributed by atoms with Crippen molar-refractivity contribution in [3.05, 3.63) is 64.1 Å². The zero-order chi connectivity index (χ0) is 21.4. The van der Waals surface area contributed by atoms with E-state index in [0.717, 1.165) is 5.56 Å². The van der Waals surface area contributed by atoms with Gasteiger partial charge in [0, 0.05) is 0 Å². The molecule has 0 heterocycles. The fourth-order valence-electron chi connectivity index (χ4n) is 3.00. The summed E-state index contributed by atoms with van der Waals surface area (Å²) in [7, 11) is 0. The van der Waals surface area contributed by atoms with E-state index in [1.54, 1.807) is 23.1 Å². The van der Waals surface area contributed by atoms with Crippen LogP contribution < -0.4 is 10.6 Å². The van der Waals surface area contributed by atoms with Crippen LogP contribution in [0.4, 0.5) is 5.69 Å². The van der Waals surface area contributed by atoms with Crippen molar-refractivity contribution >= 4 is 40.7 Å². The molecule has 1 atom stereocenters. The molecular formula is C22H27Cl2N3O2. The number of halogens is 2. The van der Waals surface area contributed by atoms with Gasteiger partial charge in [0.2, 0.25) is 11.8 Å². The SMILES string of the molecule is CCN(CC(=O)Nc1c(Cl)cccc1Cl)CC(=O)N[C@H](c1ccccc1)C(C)C. The molecule has 0 aliphatic heterocycles. The fourth-order valence-corrected chi connectivity index (χ4v) is 3.49. The number of rotatable bonds is 9. The molecule has 0 fully saturated rings. The van der Waals surface area contributed by atoms with Gasteiger partial charge in [-0.05, 0) is 30.2 Å². The molecule has 0 saturated carbocycles. The normalized spacial score (nSPS) is 12.1. The van der Waals surface area contributed by atoms with Crippen LogP contribution in [0.1, 0.15) is 32.4 Å². The highest BCUT2D eigenvalue weighted by Gasteiger charge is 2.20. The number of nitrogens with zero attached hydrogens (tertiary/aromatic N) is 1. The summed E-state index contributed by atoms with van der Waals surface area (Å²) in [5, 5.41) is 6.55. The van der Waals surface area contributed by atoms with E-state index >= 15 is 0 Å². The van der Waals surface area contributed by atoms with Crippen LogP contribution in [0, 0.1) is 5.92 Å². The Morgan fingerprint density at radius 1 is 0.931 bits per heavy atom. The lowest BCUT2D eigenvalue weighted by Crippen LogP contribution is -2.43. The molecule has 0 aliphatic rings. The number of benzene rings is 2. The zero-order valence-electron chi connectivity index (χ0n) is 16.9. The molecule has 0 aliphatic carbocycles. The van der Waals surface area contributed by atoms with Gasteiger partial charge in [-0.3, -0.25) is 14.5 Å². The monoisotopic (exact) mass is 435 g/mol. The first-order valence-electron chi connectivity index (χ1n) is 9.62. The maximum Gasteiger partial charge on any atom is 0.238 e. The number of likely N-dealkylation sites (N-methyl/N-ethyl adjacent to an activating group) is 1. The van der Waals surface area contributed by atoms with Crippen LogP contribution >= 0.6 is 23.2 Å². The third-order valence-corrected chi connectivity index (χ3v) is 5.18. The average Bonchev–Trinajstić information content (AvgIpc) is 2.69. The van der Waals surface area contributed by atoms with E-state index in [0.29, 0.717) is 22.3 Å². The summed E-state index contributed by atoms with van der Waals surface area (Å²) in [5.74, 6) is -0.168. The first kappa shape index (κ1) is 23.2. The van der Waals surface area contributed by atoms with Gasteiger partial charge < -0.3 is 10.6 Å². The third-order valence-electron chi connectivity index (χ3n) is 4.55. The molecule has 156 valence electrons. The molecule has 0 spiro atoms. The number of para-hydroxylation sites is 1. The van der Waals surface area contributed by atoms with Gasteiger partial charge >= 0.3 is 0 Å². The summed E-state index contributed by atoms with van der Waals surface area (Å²) in [6.07, 6.45) is 0. The minimum Gasteiger partial charge on any atom is -0.348 e. The second-order valence-electron chi connectivity index (χ2n) is 7.15. The Bertz CT molecular complexity index is 808. The van der Waals surface area contributed by atoms with E-state index in [1.165, 1.54) is 0 Å². The van der Waals surface area contributed by atoms with E-state index in [1.807, 2.05) is 37.3 Å². The van der Waals surface area contributed by atoms with Gasteiger partial charge in [-0.2, -0.15) is 0 Å². The number of hydrogen-bond acceptors (Lipinski definition) is 3. The van der Waals surface area contributed by atoms with Crippen molar-refractivity contribution in [3.8, 4) is 0 Å². The predicted molar refractivity (Wildman–Crippen MR) is 119 cm³/mol. The van der Waals surface area contributed by atoms with Crippen molar-refractivity contribution in [2.75, 3.05) is 25.0 Å². The highest BCUT2D eigenvalue weighted by Crippen LogP contribution is 2.29. The Morgan fingerprint density at radius 3 is 2.07 bits per heavy atom. The smallest absolute Gasteiger partial charge is 0.238 e. The van der Waals surface area contributed by atoms with Crippen LogP contribution in [-0.4, -0.2) is 36.3 Å². The molecule has 0 unspecified atom stereocenters. The Hall–Kier alpha value is -2.08. The van der Waals surface area contributed by atoms with Crippen LogP contribution in [0.15, 0.2) is 48.5 Å². The van der Waals surface area contributed by atoms with Gasteiger partial charge in [-0.25, -0.2) is 0 Å². The van der Waals surface area contributed by atoms with E-state index < -0.39 is 0 Å². The summed E-state index contributed by atoms with van der Waals surface area (Å²) < 4.78 is 0. The molecule has 2 amide bonds. The van der Waals surface area contributed by atoms with Gasteiger partial charge in [0.15, 0.2) is 0 Å². The Labute approximate surface area is 182 Å². The summed E-state index contributed by atoms with van der Waals surface area (Å²) in [4.78, 5) is 26.8. The number of anilines is 1. The minimum atomic E-state index is -0.280. The molecular weight excluding hydrogens is 409 g/mol. The largest absolute Gasteiger partial charge is 0.348 e. The van der Waals surface area contributed by atoms with Crippen LogP contribution in [0.5, 0.6) is 0 Å². The summed E-state index contributed by atoms with van der Waals surface area (Å²) in [6.45, 7) is 6.76. The molecule has 2 aromatic rings. The van der Waals surface area contributed by atoms with E-state index in [2.05, 4.69) is 24.5 Å². The van der Waals surface area contributed by atoms with E-state index in [4.69, 9.17) is 23.2 Å². The van der Waals surface area contributed by atoms with Crippen LogP contribution in [-0.2, 0) is 9.59 Å². The van der Waals surface area contributed by atoms with Crippen molar-refractivity contribution in [1.82, 2.24) is 10.2 Å². The predicted octanol–water partition coefficient (Wildman–Crippen LogP) is 4.77. The molecule has 2 aromatic carbocycles. The molecule has 2 N–H and O–H groups in total. The molecule has 7 heteroatoms. The maximum atomic E-state index is 12.6. The lowest BCUT2D eigenvalue weighted by Gasteiger charge is -2.25. The highest BCUT2D eigenvalue weighted by molar-refractivity contribution is 6.39. The quantitative estimate of drug-likeness (QED) is 0.596.